The number of hydrogen-bond donors (Lipinski definition) is 1. The standard InChI is InChI=1S/C16H18BrClN2O/c1-9-8-20-15(10(2)16(9)21-3)7-14(19)12-5-4-11(18)6-13(12)17/h4-6,8,14H,7,19H2,1-3H3. The van der Waals surface area contributed by atoms with E-state index in [9.17, 15) is 0 Å². The van der Waals surface area contributed by atoms with E-state index in [0.717, 1.165) is 32.6 Å². The monoisotopic (exact) mass is 368 g/mol. The van der Waals surface area contributed by atoms with Crippen LogP contribution in [0.15, 0.2) is 28.9 Å². The van der Waals surface area contributed by atoms with E-state index in [-0.39, 0.29) is 6.04 Å². The van der Waals surface area contributed by atoms with Crippen molar-refractivity contribution in [1.82, 2.24) is 4.98 Å². The molecule has 2 aromatic rings. The van der Waals surface area contributed by atoms with E-state index < -0.39 is 0 Å². The van der Waals surface area contributed by atoms with E-state index in [1.165, 1.54) is 0 Å². The zero-order chi connectivity index (χ0) is 15.6. The summed E-state index contributed by atoms with van der Waals surface area (Å²) in [6.45, 7) is 4.00. The topological polar surface area (TPSA) is 48.1 Å². The summed E-state index contributed by atoms with van der Waals surface area (Å²) in [5.74, 6) is 0.877. The highest BCUT2D eigenvalue weighted by Crippen LogP contribution is 2.30. The number of aromatic nitrogens is 1. The first-order chi connectivity index (χ1) is 9.93. The Labute approximate surface area is 138 Å². The molecule has 0 spiro atoms. The normalized spacial score (nSPS) is 12.3. The molecule has 1 aromatic carbocycles. The fraction of sp³-hybridized carbons (Fsp3) is 0.312. The molecular weight excluding hydrogens is 352 g/mol. The molecule has 1 heterocycles. The van der Waals surface area contributed by atoms with Gasteiger partial charge in [-0.25, -0.2) is 0 Å². The summed E-state index contributed by atoms with van der Waals surface area (Å²) in [5, 5.41) is 0.684. The minimum absolute atomic E-state index is 0.157. The number of aryl methyl sites for hydroxylation is 1. The molecule has 2 rings (SSSR count). The Kier molecular flexibility index (Phi) is 5.25. The van der Waals surface area contributed by atoms with Gasteiger partial charge in [0.25, 0.3) is 0 Å². The molecule has 1 atom stereocenters. The molecule has 112 valence electrons. The number of pyridine rings is 1. The molecule has 1 aromatic heterocycles. The third kappa shape index (κ3) is 3.57. The summed E-state index contributed by atoms with van der Waals surface area (Å²) in [4.78, 5) is 4.50. The number of nitrogens with zero attached hydrogens (tertiary/aromatic N) is 1. The third-order valence-corrected chi connectivity index (χ3v) is 4.45. The fourth-order valence-corrected chi connectivity index (χ4v) is 3.37. The van der Waals surface area contributed by atoms with Crippen molar-refractivity contribution in [2.24, 2.45) is 5.73 Å². The molecule has 21 heavy (non-hydrogen) atoms. The lowest BCUT2D eigenvalue weighted by Crippen LogP contribution is -2.16. The summed E-state index contributed by atoms with van der Waals surface area (Å²) in [6, 6.07) is 5.48. The van der Waals surface area contributed by atoms with Crippen molar-refractivity contribution in [2.75, 3.05) is 7.11 Å². The van der Waals surface area contributed by atoms with Crippen molar-refractivity contribution in [3.63, 3.8) is 0 Å². The number of hydrogen-bond acceptors (Lipinski definition) is 3. The van der Waals surface area contributed by atoms with Crippen molar-refractivity contribution in [3.05, 3.63) is 56.3 Å². The van der Waals surface area contributed by atoms with E-state index >= 15 is 0 Å². The summed E-state index contributed by atoms with van der Waals surface area (Å²) >= 11 is 9.47. The number of nitrogens with two attached hydrogens (primary N) is 1. The van der Waals surface area contributed by atoms with Crippen molar-refractivity contribution < 1.29 is 4.74 Å². The van der Waals surface area contributed by atoms with Gasteiger partial charge in [-0.3, -0.25) is 4.98 Å². The first kappa shape index (κ1) is 16.3. The van der Waals surface area contributed by atoms with Gasteiger partial charge in [0.2, 0.25) is 0 Å². The number of ether oxygens (including phenoxy) is 1. The maximum Gasteiger partial charge on any atom is 0.128 e. The Morgan fingerprint density at radius 3 is 2.71 bits per heavy atom. The Bertz CT molecular complexity index is 661. The SMILES string of the molecule is COc1c(C)cnc(CC(N)c2ccc(Cl)cc2Br)c1C. The fourth-order valence-electron chi connectivity index (χ4n) is 2.40. The summed E-state index contributed by atoms with van der Waals surface area (Å²) < 4.78 is 6.35. The van der Waals surface area contributed by atoms with Crippen molar-refractivity contribution in [2.45, 2.75) is 26.3 Å². The van der Waals surface area contributed by atoms with Gasteiger partial charge >= 0.3 is 0 Å². The summed E-state index contributed by atoms with van der Waals surface area (Å²) in [6.07, 6.45) is 2.47. The third-order valence-electron chi connectivity index (χ3n) is 3.53. The van der Waals surface area contributed by atoms with Crippen LogP contribution in [0.3, 0.4) is 0 Å². The van der Waals surface area contributed by atoms with Crippen molar-refractivity contribution >= 4 is 27.5 Å². The van der Waals surface area contributed by atoms with E-state index in [1.807, 2.05) is 38.2 Å². The minimum atomic E-state index is -0.157. The zero-order valence-corrected chi connectivity index (χ0v) is 14.6. The quantitative estimate of drug-likeness (QED) is 0.870. The minimum Gasteiger partial charge on any atom is -0.496 e. The molecule has 0 aliphatic heterocycles. The Balaban J connectivity index is 2.29. The van der Waals surface area contributed by atoms with Crippen LogP contribution in [-0.2, 0) is 6.42 Å². The number of rotatable bonds is 4. The average molecular weight is 370 g/mol. The lowest BCUT2D eigenvalue weighted by molar-refractivity contribution is 0.406. The van der Waals surface area contributed by atoms with E-state index in [2.05, 4.69) is 20.9 Å². The van der Waals surface area contributed by atoms with Crippen LogP contribution in [0.25, 0.3) is 0 Å². The second-order valence-corrected chi connectivity index (χ2v) is 6.31. The molecule has 2 N–H and O–H groups in total. The molecule has 0 aliphatic rings. The van der Waals surface area contributed by atoms with Gasteiger partial charge in [0, 0.05) is 45.0 Å². The average Bonchev–Trinajstić information content (AvgIpc) is 2.42. The zero-order valence-electron chi connectivity index (χ0n) is 12.3. The first-order valence-electron chi connectivity index (χ1n) is 6.63. The highest BCUT2D eigenvalue weighted by molar-refractivity contribution is 9.10. The second-order valence-electron chi connectivity index (χ2n) is 5.02. The highest BCUT2D eigenvalue weighted by Gasteiger charge is 2.16. The van der Waals surface area contributed by atoms with Gasteiger partial charge in [0.15, 0.2) is 0 Å². The molecule has 1 unspecified atom stereocenters. The van der Waals surface area contributed by atoms with Gasteiger partial charge in [-0.05, 0) is 31.5 Å². The van der Waals surface area contributed by atoms with E-state index in [4.69, 9.17) is 22.1 Å². The van der Waals surface area contributed by atoms with E-state index in [0.29, 0.717) is 11.4 Å². The van der Waals surface area contributed by atoms with Crippen LogP contribution >= 0.6 is 27.5 Å². The molecule has 0 saturated carbocycles. The van der Waals surface area contributed by atoms with Gasteiger partial charge in [-0.2, -0.15) is 0 Å². The lowest BCUT2D eigenvalue weighted by Gasteiger charge is -2.17. The summed E-state index contributed by atoms with van der Waals surface area (Å²) in [7, 11) is 1.68. The van der Waals surface area contributed by atoms with Gasteiger partial charge in [0.05, 0.1) is 7.11 Å². The second kappa shape index (κ2) is 6.77. The van der Waals surface area contributed by atoms with Gasteiger partial charge in [-0.1, -0.05) is 33.6 Å². The molecule has 5 heteroatoms. The summed E-state index contributed by atoms with van der Waals surface area (Å²) in [5.41, 5.74) is 10.4. The Morgan fingerprint density at radius 1 is 1.38 bits per heavy atom. The molecule has 0 amide bonds. The van der Waals surface area contributed by atoms with Gasteiger partial charge < -0.3 is 10.5 Å². The van der Waals surface area contributed by atoms with Crippen LogP contribution in [0.4, 0.5) is 0 Å². The predicted molar refractivity (Wildman–Crippen MR) is 90.0 cm³/mol. The van der Waals surface area contributed by atoms with E-state index in [1.54, 1.807) is 7.11 Å². The molecule has 0 bridgehead atoms. The van der Waals surface area contributed by atoms with Crippen LogP contribution in [0.1, 0.15) is 28.4 Å². The number of methoxy groups -OCH3 is 1. The van der Waals surface area contributed by atoms with Gasteiger partial charge in [-0.15, -0.1) is 0 Å². The Hall–Kier alpha value is -1.10. The lowest BCUT2D eigenvalue weighted by atomic mass is 9.99. The highest BCUT2D eigenvalue weighted by atomic mass is 79.9. The maximum atomic E-state index is 6.32. The van der Waals surface area contributed by atoms with Crippen molar-refractivity contribution in [1.29, 1.82) is 0 Å². The maximum absolute atomic E-state index is 6.32. The van der Waals surface area contributed by atoms with Crippen LogP contribution < -0.4 is 10.5 Å². The van der Waals surface area contributed by atoms with Crippen LogP contribution in [-0.4, -0.2) is 12.1 Å². The molecular formula is C16H18BrClN2O. The molecule has 0 radical (unpaired) electrons. The predicted octanol–water partition coefficient (Wildman–Crippen LogP) is 4.37. The largest absolute Gasteiger partial charge is 0.496 e. The van der Waals surface area contributed by atoms with Crippen LogP contribution in [0.5, 0.6) is 5.75 Å². The molecule has 0 saturated heterocycles. The first-order valence-corrected chi connectivity index (χ1v) is 7.80. The van der Waals surface area contributed by atoms with Crippen LogP contribution in [0.2, 0.25) is 5.02 Å². The number of benzene rings is 1. The molecule has 0 aliphatic carbocycles. The molecule has 3 nitrogen and oxygen atoms in total. The van der Waals surface area contributed by atoms with Crippen molar-refractivity contribution in [3.8, 4) is 5.75 Å². The van der Waals surface area contributed by atoms with Gasteiger partial charge in [0.1, 0.15) is 5.75 Å². The van der Waals surface area contributed by atoms with Crippen LogP contribution in [0, 0.1) is 13.8 Å². The Morgan fingerprint density at radius 2 is 2.10 bits per heavy atom. The molecule has 0 fully saturated rings. The number of halogens is 2. The smallest absolute Gasteiger partial charge is 0.128 e.